The van der Waals surface area contributed by atoms with Crippen molar-refractivity contribution in [2.45, 2.75) is 25.7 Å². The van der Waals surface area contributed by atoms with E-state index in [1.54, 1.807) is 29.3 Å². The lowest BCUT2D eigenvalue weighted by atomic mass is 9.97. The number of nitrogens with zero attached hydrogens (tertiary/aromatic N) is 3. The zero-order chi connectivity index (χ0) is 21.6. The topological polar surface area (TPSA) is 94.6 Å². The summed E-state index contributed by atoms with van der Waals surface area (Å²) in [7, 11) is 0. The van der Waals surface area contributed by atoms with E-state index >= 15 is 0 Å². The smallest absolute Gasteiger partial charge is 0.313 e. The first kappa shape index (κ1) is 20.8. The van der Waals surface area contributed by atoms with Crippen LogP contribution in [0.4, 0.5) is 17.2 Å². The van der Waals surface area contributed by atoms with Crippen LogP contribution in [0, 0.1) is 5.92 Å². The van der Waals surface area contributed by atoms with Gasteiger partial charge in [-0.25, -0.2) is 4.98 Å². The molecule has 4 rings (SSSR count). The Morgan fingerprint density at radius 2 is 1.87 bits per heavy atom. The quantitative estimate of drug-likeness (QED) is 0.722. The second-order valence-electron chi connectivity index (χ2n) is 7.98. The van der Waals surface area contributed by atoms with Crippen LogP contribution in [-0.2, 0) is 14.4 Å². The second-order valence-corrected chi connectivity index (χ2v) is 7.98. The molecule has 2 fully saturated rings. The monoisotopic (exact) mass is 421 g/mol. The summed E-state index contributed by atoms with van der Waals surface area (Å²) in [6, 6.07) is 12.9. The molecule has 8 heteroatoms. The predicted octanol–water partition coefficient (Wildman–Crippen LogP) is 2.18. The maximum atomic E-state index is 12.3. The van der Waals surface area contributed by atoms with E-state index < -0.39 is 11.8 Å². The van der Waals surface area contributed by atoms with E-state index in [2.05, 4.69) is 20.5 Å². The van der Waals surface area contributed by atoms with Crippen molar-refractivity contribution in [3.8, 4) is 0 Å². The highest BCUT2D eigenvalue weighted by Crippen LogP contribution is 2.24. The molecule has 0 spiro atoms. The molecule has 3 heterocycles. The van der Waals surface area contributed by atoms with Crippen molar-refractivity contribution in [2.24, 2.45) is 5.92 Å². The van der Waals surface area contributed by atoms with Crippen LogP contribution in [0.5, 0.6) is 0 Å². The highest BCUT2D eigenvalue weighted by molar-refractivity contribution is 6.39. The van der Waals surface area contributed by atoms with E-state index in [1.165, 1.54) is 0 Å². The number of carbonyl (C=O) groups excluding carboxylic acids is 3. The standard InChI is InChI=1S/C23H27N5O3/c29-21-8-4-12-28(21)19-6-3-5-18(15-19)26-23(31)22(30)25-16-17-9-13-27(14-10-17)20-7-1-2-11-24-20/h1-3,5-7,11,15,17H,4,8-10,12-14,16H2,(H,25,30)(H,26,31). The third kappa shape index (κ3) is 5.20. The molecule has 2 saturated heterocycles. The summed E-state index contributed by atoms with van der Waals surface area (Å²) in [6.07, 6.45) is 5.03. The van der Waals surface area contributed by atoms with Gasteiger partial charge in [0.25, 0.3) is 0 Å². The molecule has 3 amide bonds. The molecule has 8 nitrogen and oxygen atoms in total. The second kappa shape index (κ2) is 9.59. The molecule has 2 N–H and O–H groups in total. The Hall–Kier alpha value is -3.42. The van der Waals surface area contributed by atoms with Crippen molar-refractivity contribution in [3.05, 3.63) is 48.7 Å². The van der Waals surface area contributed by atoms with Crippen LogP contribution in [-0.4, -0.2) is 48.9 Å². The van der Waals surface area contributed by atoms with Crippen molar-refractivity contribution in [1.82, 2.24) is 10.3 Å². The van der Waals surface area contributed by atoms with E-state index in [9.17, 15) is 14.4 Å². The van der Waals surface area contributed by atoms with Crippen molar-refractivity contribution in [1.29, 1.82) is 0 Å². The summed E-state index contributed by atoms with van der Waals surface area (Å²) in [5.41, 5.74) is 1.24. The van der Waals surface area contributed by atoms with Gasteiger partial charge < -0.3 is 20.4 Å². The molecule has 1 aromatic heterocycles. The summed E-state index contributed by atoms with van der Waals surface area (Å²) in [5, 5.41) is 5.39. The number of hydrogen-bond acceptors (Lipinski definition) is 5. The number of piperidine rings is 1. The lowest BCUT2D eigenvalue weighted by molar-refractivity contribution is -0.136. The summed E-state index contributed by atoms with van der Waals surface area (Å²) < 4.78 is 0. The van der Waals surface area contributed by atoms with Crippen LogP contribution < -0.4 is 20.4 Å². The highest BCUT2D eigenvalue weighted by atomic mass is 16.2. The number of carbonyl (C=O) groups is 3. The number of anilines is 3. The van der Waals surface area contributed by atoms with Crippen molar-refractivity contribution in [3.63, 3.8) is 0 Å². The first-order chi connectivity index (χ1) is 15.1. The third-order valence-corrected chi connectivity index (χ3v) is 5.83. The molecular weight excluding hydrogens is 394 g/mol. The van der Waals surface area contributed by atoms with E-state index in [-0.39, 0.29) is 5.91 Å². The van der Waals surface area contributed by atoms with Crippen molar-refractivity contribution >= 4 is 34.9 Å². The fourth-order valence-corrected chi connectivity index (χ4v) is 4.08. The van der Waals surface area contributed by atoms with E-state index in [4.69, 9.17) is 0 Å². The first-order valence-electron chi connectivity index (χ1n) is 10.8. The molecule has 2 aliphatic heterocycles. The Kier molecular flexibility index (Phi) is 6.45. The predicted molar refractivity (Wildman–Crippen MR) is 119 cm³/mol. The SMILES string of the molecule is O=C(NCC1CCN(c2ccccn2)CC1)C(=O)Nc1cccc(N2CCCC2=O)c1. The Morgan fingerprint density at radius 3 is 2.58 bits per heavy atom. The average Bonchev–Trinajstić information content (AvgIpc) is 3.24. The van der Waals surface area contributed by atoms with Gasteiger partial charge in [-0.3, -0.25) is 14.4 Å². The lowest BCUT2D eigenvalue weighted by Crippen LogP contribution is -2.42. The van der Waals surface area contributed by atoms with Gasteiger partial charge in [-0.2, -0.15) is 0 Å². The summed E-state index contributed by atoms with van der Waals surface area (Å²) >= 11 is 0. The zero-order valence-corrected chi connectivity index (χ0v) is 17.4. The molecule has 0 bridgehead atoms. The van der Waals surface area contributed by atoms with Gasteiger partial charge in [0.1, 0.15) is 5.82 Å². The molecule has 162 valence electrons. The number of hydrogen-bond donors (Lipinski definition) is 2. The molecule has 0 atom stereocenters. The Bertz CT molecular complexity index is 941. The number of aromatic nitrogens is 1. The van der Waals surface area contributed by atoms with Crippen LogP contribution in [0.3, 0.4) is 0 Å². The molecule has 0 saturated carbocycles. The number of benzene rings is 1. The van der Waals surface area contributed by atoms with E-state index in [0.29, 0.717) is 31.1 Å². The molecule has 0 unspecified atom stereocenters. The molecule has 0 aliphatic carbocycles. The molecule has 2 aliphatic rings. The summed E-state index contributed by atoms with van der Waals surface area (Å²) in [6.45, 7) is 2.91. The summed E-state index contributed by atoms with van der Waals surface area (Å²) in [5.74, 6) is 0.0457. The van der Waals surface area contributed by atoms with E-state index in [1.807, 2.05) is 24.3 Å². The Morgan fingerprint density at radius 1 is 1.03 bits per heavy atom. The van der Waals surface area contributed by atoms with Gasteiger partial charge in [0.2, 0.25) is 5.91 Å². The van der Waals surface area contributed by atoms with Crippen molar-refractivity contribution in [2.75, 3.05) is 41.3 Å². The van der Waals surface area contributed by atoms with Gasteiger partial charge in [0.15, 0.2) is 0 Å². The minimum atomic E-state index is -0.698. The third-order valence-electron chi connectivity index (χ3n) is 5.83. The number of pyridine rings is 1. The maximum Gasteiger partial charge on any atom is 0.313 e. The van der Waals surface area contributed by atoms with Gasteiger partial charge in [0.05, 0.1) is 0 Å². The minimum Gasteiger partial charge on any atom is -0.357 e. The fraction of sp³-hybridized carbons (Fsp3) is 0.391. The Balaban J connectivity index is 1.23. The van der Waals surface area contributed by atoms with Crippen LogP contribution >= 0.6 is 0 Å². The fourth-order valence-electron chi connectivity index (χ4n) is 4.08. The zero-order valence-electron chi connectivity index (χ0n) is 17.4. The number of nitrogens with one attached hydrogen (secondary N) is 2. The van der Waals surface area contributed by atoms with Crippen molar-refractivity contribution < 1.29 is 14.4 Å². The summed E-state index contributed by atoms with van der Waals surface area (Å²) in [4.78, 5) is 44.8. The van der Waals surface area contributed by atoms with Gasteiger partial charge in [-0.15, -0.1) is 0 Å². The van der Waals surface area contributed by atoms with Crippen LogP contribution in [0.1, 0.15) is 25.7 Å². The normalized spacial score (nSPS) is 17.0. The minimum absolute atomic E-state index is 0.0790. The maximum absolute atomic E-state index is 12.3. The van der Waals surface area contributed by atoms with E-state index in [0.717, 1.165) is 43.9 Å². The first-order valence-corrected chi connectivity index (χ1v) is 10.8. The molecule has 2 aromatic rings. The van der Waals surface area contributed by atoms with Gasteiger partial charge >= 0.3 is 11.8 Å². The van der Waals surface area contributed by atoms with Gasteiger partial charge in [-0.1, -0.05) is 12.1 Å². The molecular formula is C23H27N5O3. The van der Waals surface area contributed by atoms with Gasteiger partial charge in [-0.05, 0) is 55.5 Å². The van der Waals surface area contributed by atoms with Crippen LogP contribution in [0.15, 0.2) is 48.7 Å². The molecule has 31 heavy (non-hydrogen) atoms. The van der Waals surface area contributed by atoms with Crippen LogP contribution in [0.25, 0.3) is 0 Å². The highest BCUT2D eigenvalue weighted by Gasteiger charge is 2.23. The number of rotatable bonds is 5. The number of amides is 3. The van der Waals surface area contributed by atoms with Crippen LogP contribution in [0.2, 0.25) is 0 Å². The molecule has 0 radical (unpaired) electrons. The average molecular weight is 422 g/mol. The lowest BCUT2D eigenvalue weighted by Gasteiger charge is -2.32. The Labute approximate surface area is 181 Å². The largest absolute Gasteiger partial charge is 0.357 e. The van der Waals surface area contributed by atoms with Gasteiger partial charge in [0, 0.05) is 50.2 Å². The molecule has 1 aromatic carbocycles.